The van der Waals surface area contributed by atoms with Crippen LogP contribution in [0.3, 0.4) is 0 Å². The third-order valence-electron chi connectivity index (χ3n) is 1.12. The van der Waals surface area contributed by atoms with Gasteiger partial charge in [0.2, 0.25) is 0 Å². The molecule has 0 saturated heterocycles. The van der Waals surface area contributed by atoms with Crippen LogP contribution in [-0.4, -0.2) is 6.61 Å². The van der Waals surface area contributed by atoms with Gasteiger partial charge in [0.05, 0.1) is 10.0 Å². The molecule has 0 bridgehead atoms. The van der Waals surface area contributed by atoms with Crippen molar-refractivity contribution in [2.24, 2.45) is 0 Å². The summed E-state index contributed by atoms with van der Waals surface area (Å²) in [4.78, 5) is 0. The monoisotopic (exact) mass is 200 g/mol. The third kappa shape index (κ3) is 2.30. The van der Waals surface area contributed by atoms with Crippen molar-refractivity contribution in [3.63, 3.8) is 0 Å². The van der Waals surface area contributed by atoms with Crippen LogP contribution in [0.4, 0.5) is 0 Å². The van der Waals surface area contributed by atoms with Crippen molar-refractivity contribution in [2.45, 2.75) is 0 Å². The van der Waals surface area contributed by atoms with E-state index in [9.17, 15) is 0 Å². The summed E-state index contributed by atoms with van der Waals surface area (Å²) in [6, 6.07) is 7.57. The molecule has 1 aromatic carbocycles. The van der Waals surface area contributed by atoms with Crippen molar-refractivity contribution >= 4 is 23.2 Å². The highest BCUT2D eigenvalue weighted by atomic mass is 35.5. The molecule has 0 fully saturated rings. The molecule has 0 aliphatic rings. The van der Waals surface area contributed by atoms with Gasteiger partial charge in [-0.25, -0.2) is 0 Å². The molecule has 0 unspecified atom stereocenters. The Morgan fingerprint density at radius 1 is 1.50 bits per heavy atom. The van der Waals surface area contributed by atoms with E-state index < -0.39 is 0 Å². The number of hydrogen-bond donors (Lipinski definition) is 0. The summed E-state index contributed by atoms with van der Waals surface area (Å²) in [6.45, 7) is -0.0194. The van der Waals surface area contributed by atoms with Crippen LogP contribution in [0.2, 0.25) is 10.0 Å². The minimum absolute atomic E-state index is 0.0194. The summed E-state index contributed by atoms with van der Waals surface area (Å²) in [5, 5.41) is 9.01. The second-order valence-corrected chi connectivity index (χ2v) is 2.75. The molecule has 0 atom stereocenters. The number of rotatable bonds is 2. The smallest absolute Gasteiger partial charge is 0.174 e. The summed E-state index contributed by atoms with van der Waals surface area (Å²) in [7, 11) is 0. The molecule has 1 aromatic rings. The average molecular weight is 201 g/mol. The van der Waals surface area contributed by atoms with Crippen LogP contribution >= 0.6 is 23.2 Å². The van der Waals surface area contributed by atoms with Crippen LogP contribution < -0.4 is 4.74 Å². The van der Waals surface area contributed by atoms with E-state index >= 15 is 0 Å². The zero-order valence-corrected chi connectivity index (χ0v) is 7.49. The van der Waals surface area contributed by atoms with Crippen LogP contribution in [0.1, 0.15) is 0 Å². The SMILES string of the molecule is N#CCOc1[c]cc(Cl)c(Cl)c1. The number of nitrogens with zero attached hydrogens (tertiary/aromatic N) is 1. The number of nitriles is 1. The summed E-state index contributed by atoms with van der Waals surface area (Å²) in [5.41, 5.74) is 0. The quantitative estimate of drug-likeness (QED) is 0.736. The van der Waals surface area contributed by atoms with Crippen LogP contribution in [-0.2, 0) is 0 Å². The summed E-state index contributed by atoms with van der Waals surface area (Å²) >= 11 is 11.3. The minimum Gasteiger partial charge on any atom is -0.478 e. The van der Waals surface area contributed by atoms with Gasteiger partial charge < -0.3 is 4.74 Å². The molecule has 4 heteroatoms. The molecule has 0 spiro atoms. The molecule has 61 valence electrons. The van der Waals surface area contributed by atoms with Crippen molar-refractivity contribution in [1.29, 1.82) is 5.26 Å². The number of benzene rings is 1. The molecule has 0 aromatic heterocycles. The van der Waals surface area contributed by atoms with Crippen molar-refractivity contribution in [3.05, 3.63) is 28.2 Å². The predicted molar refractivity (Wildman–Crippen MR) is 46.4 cm³/mol. The molecule has 2 nitrogen and oxygen atoms in total. The average Bonchev–Trinajstić information content (AvgIpc) is 2.07. The predicted octanol–water partition coefficient (Wildman–Crippen LogP) is 2.70. The molecular formula is C8H4Cl2NO. The number of ether oxygens (including phenoxy) is 1. The second-order valence-electron chi connectivity index (χ2n) is 1.94. The van der Waals surface area contributed by atoms with Gasteiger partial charge >= 0.3 is 0 Å². The molecule has 0 heterocycles. The third-order valence-corrected chi connectivity index (χ3v) is 1.84. The highest BCUT2D eigenvalue weighted by Crippen LogP contribution is 2.25. The normalized spacial score (nSPS) is 9.08. The zero-order chi connectivity index (χ0) is 8.97. The van der Waals surface area contributed by atoms with E-state index in [1.807, 2.05) is 6.07 Å². The van der Waals surface area contributed by atoms with Gasteiger partial charge in [-0.15, -0.1) is 0 Å². The number of hydrogen-bond acceptors (Lipinski definition) is 2. The lowest BCUT2D eigenvalue weighted by Gasteiger charge is -2.01. The lowest BCUT2D eigenvalue weighted by molar-refractivity contribution is 0.367. The highest BCUT2D eigenvalue weighted by molar-refractivity contribution is 6.42. The lowest BCUT2D eigenvalue weighted by Crippen LogP contribution is -1.92. The van der Waals surface area contributed by atoms with Crippen LogP contribution in [0.15, 0.2) is 12.1 Å². The molecule has 0 N–H and O–H groups in total. The maximum atomic E-state index is 8.20. The van der Waals surface area contributed by atoms with Gasteiger partial charge in [-0.3, -0.25) is 0 Å². The van der Waals surface area contributed by atoms with E-state index in [1.54, 1.807) is 0 Å². The first-order valence-electron chi connectivity index (χ1n) is 3.10. The van der Waals surface area contributed by atoms with Crippen molar-refractivity contribution in [2.75, 3.05) is 6.61 Å². The van der Waals surface area contributed by atoms with Crippen molar-refractivity contribution < 1.29 is 4.74 Å². The maximum Gasteiger partial charge on any atom is 0.174 e. The highest BCUT2D eigenvalue weighted by Gasteiger charge is 1.99. The molecule has 12 heavy (non-hydrogen) atoms. The zero-order valence-electron chi connectivity index (χ0n) is 5.97. The second kappa shape index (κ2) is 4.20. The minimum atomic E-state index is -0.0194. The van der Waals surface area contributed by atoms with Crippen molar-refractivity contribution in [3.8, 4) is 11.8 Å². The van der Waals surface area contributed by atoms with Crippen LogP contribution in [0.25, 0.3) is 0 Å². The molecule has 1 rings (SSSR count). The van der Waals surface area contributed by atoms with Gasteiger partial charge in [0.15, 0.2) is 6.61 Å². The Labute approximate surface area is 80.3 Å². The van der Waals surface area contributed by atoms with Gasteiger partial charge in [0, 0.05) is 12.1 Å². The molecule has 0 amide bonds. The Morgan fingerprint density at radius 3 is 2.83 bits per heavy atom. The van der Waals surface area contributed by atoms with E-state index in [4.69, 9.17) is 33.2 Å². The Balaban J connectivity index is 2.77. The van der Waals surface area contributed by atoms with E-state index in [0.717, 1.165) is 0 Å². The largest absolute Gasteiger partial charge is 0.478 e. The fraction of sp³-hybridized carbons (Fsp3) is 0.125. The number of halogens is 2. The van der Waals surface area contributed by atoms with E-state index in [1.165, 1.54) is 12.1 Å². The summed E-state index contributed by atoms with van der Waals surface area (Å²) in [6.07, 6.45) is 0. The first-order valence-corrected chi connectivity index (χ1v) is 3.86. The molecule has 0 aliphatic carbocycles. The van der Waals surface area contributed by atoms with E-state index in [2.05, 4.69) is 6.07 Å². The Kier molecular flexibility index (Phi) is 3.21. The van der Waals surface area contributed by atoms with Gasteiger partial charge in [-0.2, -0.15) is 5.26 Å². The molecule has 0 saturated carbocycles. The van der Waals surface area contributed by atoms with E-state index in [-0.39, 0.29) is 6.61 Å². The summed E-state index contributed by atoms with van der Waals surface area (Å²) in [5.74, 6) is 0.422. The first-order chi connectivity index (χ1) is 5.74. The molecule has 0 aliphatic heterocycles. The first kappa shape index (κ1) is 9.18. The van der Waals surface area contributed by atoms with Crippen LogP contribution in [0.5, 0.6) is 5.75 Å². The molecule has 1 radical (unpaired) electrons. The lowest BCUT2D eigenvalue weighted by atomic mass is 10.3. The van der Waals surface area contributed by atoms with Crippen LogP contribution in [0, 0.1) is 17.4 Å². The fourth-order valence-electron chi connectivity index (χ4n) is 0.623. The maximum absolute atomic E-state index is 8.20. The molecular weight excluding hydrogens is 197 g/mol. The van der Waals surface area contributed by atoms with Crippen molar-refractivity contribution in [1.82, 2.24) is 0 Å². The topological polar surface area (TPSA) is 33.0 Å². The van der Waals surface area contributed by atoms with E-state index in [0.29, 0.717) is 15.8 Å². The van der Waals surface area contributed by atoms with Gasteiger partial charge in [0.25, 0.3) is 0 Å². The standard InChI is InChI=1S/C8H4Cl2NO/c9-7-2-1-6(5-8(7)10)12-4-3-11/h2,5H,4H2. The van der Waals surface area contributed by atoms with Gasteiger partial charge in [-0.1, -0.05) is 23.2 Å². The Hall–Kier alpha value is -0.910. The Bertz CT molecular complexity index is 319. The summed E-state index contributed by atoms with van der Waals surface area (Å²) < 4.78 is 4.93. The fourth-order valence-corrected chi connectivity index (χ4v) is 0.885. The van der Waals surface area contributed by atoms with Gasteiger partial charge in [0.1, 0.15) is 11.8 Å². The Morgan fingerprint density at radius 2 is 2.25 bits per heavy atom. The van der Waals surface area contributed by atoms with Gasteiger partial charge in [-0.05, 0) is 6.07 Å².